The number of carbonyl (C=O) groups is 1. The third-order valence-corrected chi connectivity index (χ3v) is 5.01. The maximum Gasteiger partial charge on any atom is 0.262 e. The molecule has 0 aliphatic heterocycles. The molecule has 1 aliphatic carbocycles. The quantitative estimate of drug-likeness (QED) is 0.743. The second-order valence-corrected chi connectivity index (χ2v) is 7.03. The first-order chi connectivity index (χ1) is 13.1. The van der Waals surface area contributed by atoms with E-state index in [0.29, 0.717) is 11.4 Å². The zero-order valence-electron chi connectivity index (χ0n) is 15.3. The van der Waals surface area contributed by atoms with Crippen LogP contribution in [0.4, 0.5) is 5.69 Å². The van der Waals surface area contributed by atoms with Gasteiger partial charge in [-0.05, 0) is 62.4 Å². The Labute approximate surface area is 157 Å². The van der Waals surface area contributed by atoms with Gasteiger partial charge in [0.25, 0.3) is 11.5 Å². The highest BCUT2D eigenvalue weighted by molar-refractivity contribution is 5.95. The lowest BCUT2D eigenvalue weighted by Gasteiger charge is -2.17. The normalized spacial score (nSPS) is 13.2. The molecule has 1 aromatic heterocycles. The summed E-state index contributed by atoms with van der Waals surface area (Å²) in [6.45, 7) is 1.93. The van der Waals surface area contributed by atoms with Crippen LogP contribution < -0.4 is 15.6 Å². The molecule has 0 saturated heterocycles. The highest BCUT2D eigenvalue weighted by Crippen LogP contribution is 2.27. The molecule has 5 heteroatoms. The van der Waals surface area contributed by atoms with Gasteiger partial charge in [-0.15, -0.1) is 0 Å². The number of aryl methyl sites for hydroxylation is 2. The van der Waals surface area contributed by atoms with E-state index in [9.17, 15) is 9.59 Å². The van der Waals surface area contributed by atoms with Crippen molar-refractivity contribution in [3.05, 3.63) is 69.5 Å². The standard InChI is InChI=1S/C22H22N2O3/c1-14-6-9-16(10-7-14)27-13-21(25)23-15-8-11-18-17-4-2-3-5-19(17)22(26)24-20(18)12-15/h6-12H,2-5,13H2,1H3,(H,23,25)(H,24,26). The fourth-order valence-electron chi connectivity index (χ4n) is 3.62. The number of carbonyl (C=O) groups excluding carboxylic acids is 1. The molecule has 0 fully saturated rings. The number of fused-ring (bicyclic) bond motifs is 3. The minimum Gasteiger partial charge on any atom is -0.484 e. The Bertz CT molecular complexity index is 1050. The number of hydrogen-bond acceptors (Lipinski definition) is 3. The first kappa shape index (κ1) is 17.3. The summed E-state index contributed by atoms with van der Waals surface area (Å²) >= 11 is 0. The van der Waals surface area contributed by atoms with Crippen molar-refractivity contribution < 1.29 is 9.53 Å². The van der Waals surface area contributed by atoms with Gasteiger partial charge in [0.15, 0.2) is 6.61 Å². The molecule has 1 heterocycles. The SMILES string of the molecule is Cc1ccc(OCC(=O)Nc2ccc3c4c(c(=O)[nH]c3c2)CCCC4)cc1. The van der Waals surface area contributed by atoms with Crippen LogP contribution in [-0.4, -0.2) is 17.5 Å². The number of benzene rings is 2. The van der Waals surface area contributed by atoms with Gasteiger partial charge in [-0.3, -0.25) is 9.59 Å². The molecule has 138 valence electrons. The lowest BCUT2D eigenvalue weighted by molar-refractivity contribution is -0.118. The summed E-state index contributed by atoms with van der Waals surface area (Å²) in [5, 5.41) is 3.90. The number of rotatable bonds is 4. The van der Waals surface area contributed by atoms with Crippen LogP contribution in [0.25, 0.3) is 10.9 Å². The van der Waals surface area contributed by atoms with Gasteiger partial charge in [0.05, 0.1) is 5.52 Å². The fourth-order valence-corrected chi connectivity index (χ4v) is 3.62. The minimum atomic E-state index is -0.241. The molecule has 1 aliphatic rings. The number of nitrogens with one attached hydrogen (secondary N) is 2. The highest BCUT2D eigenvalue weighted by Gasteiger charge is 2.16. The van der Waals surface area contributed by atoms with Gasteiger partial charge in [-0.1, -0.05) is 23.8 Å². The van der Waals surface area contributed by atoms with Crippen molar-refractivity contribution in [1.82, 2.24) is 4.98 Å². The molecule has 2 aromatic carbocycles. The summed E-state index contributed by atoms with van der Waals surface area (Å²) in [4.78, 5) is 27.5. The van der Waals surface area contributed by atoms with Crippen LogP contribution in [0.3, 0.4) is 0 Å². The second kappa shape index (κ2) is 7.27. The van der Waals surface area contributed by atoms with Gasteiger partial charge >= 0.3 is 0 Å². The Balaban J connectivity index is 1.49. The van der Waals surface area contributed by atoms with Crippen molar-refractivity contribution in [2.75, 3.05) is 11.9 Å². The predicted molar refractivity (Wildman–Crippen MR) is 107 cm³/mol. The number of H-pyrrole nitrogens is 1. The second-order valence-electron chi connectivity index (χ2n) is 7.03. The van der Waals surface area contributed by atoms with E-state index in [2.05, 4.69) is 10.3 Å². The van der Waals surface area contributed by atoms with E-state index in [0.717, 1.165) is 53.3 Å². The highest BCUT2D eigenvalue weighted by atomic mass is 16.5. The number of aromatic amines is 1. The molecule has 0 saturated carbocycles. The minimum absolute atomic E-state index is 0.0108. The van der Waals surface area contributed by atoms with Crippen LogP contribution >= 0.6 is 0 Å². The molecule has 0 radical (unpaired) electrons. The molecule has 4 rings (SSSR count). The molecule has 0 spiro atoms. The topological polar surface area (TPSA) is 71.2 Å². The molecule has 2 N–H and O–H groups in total. The maximum atomic E-state index is 12.3. The predicted octanol–water partition coefficient (Wildman–Crippen LogP) is 3.73. The summed E-state index contributed by atoms with van der Waals surface area (Å²) in [7, 11) is 0. The van der Waals surface area contributed by atoms with E-state index in [4.69, 9.17) is 4.74 Å². The largest absolute Gasteiger partial charge is 0.484 e. The Morgan fingerprint density at radius 3 is 2.59 bits per heavy atom. The number of aromatic nitrogens is 1. The fraction of sp³-hybridized carbons (Fsp3) is 0.273. The summed E-state index contributed by atoms with van der Waals surface area (Å²) in [5.41, 5.74) is 4.60. The first-order valence-corrected chi connectivity index (χ1v) is 9.27. The Hall–Kier alpha value is -3.08. The number of pyridine rings is 1. The number of amides is 1. The van der Waals surface area contributed by atoms with Crippen molar-refractivity contribution in [1.29, 1.82) is 0 Å². The van der Waals surface area contributed by atoms with Crippen LogP contribution in [0.2, 0.25) is 0 Å². The summed E-state index contributed by atoms with van der Waals surface area (Å²) < 4.78 is 5.51. The third-order valence-electron chi connectivity index (χ3n) is 5.01. The van der Waals surface area contributed by atoms with E-state index in [1.807, 2.05) is 49.4 Å². The Kier molecular flexibility index (Phi) is 4.67. The van der Waals surface area contributed by atoms with Crippen LogP contribution in [0.1, 0.15) is 29.5 Å². The van der Waals surface area contributed by atoms with Gasteiger partial charge in [-0.25, -0.2) is 0 Å². The summed E-state index contributed by atoms with van der Waals surface area (Å²) in [5.74, 6) is 0.417. The van der Waals surface area contributed by atoms with Gasteiger partial charge in [0.2, 0.25) is 0 Å². The van der Waals surface area contributed by atoms with E-state index in [1.54, 1.807) is 0 Å². The number of hydrogen-bond donors (Lipinski definition) is 2. The molecular formula is C22H22N2O3. The molecule has 3 aromatic rings. The van der Waals surface area contributed by atoms with Gasteiger partial charge in [0, 0.05) is 16.6 Å². The smallest absolute Gasteiger partial charge is 0.262 e. The average molecular weight is 362 g/mol. The van der Waals surface area contributed by atoms with Gasteiger partial charge in [0.1, 0.15) is 5.75 Å². The third kappa shape index (κ3) is 3.72. The van der Waals surface area contributed by atoms with E-state index in [1.165, 1.54) is 0 Å². The Morgan fingerprint density at radius 2 is 1.81 bits per heavy atom. The molecule has 0 unspecified atom stereocenters. The first-order valence-electron chi connectivity index (χ1n) is 9.27. The zero-order chi connectivity index (χ0) is 18.8. The van der Waals surface area contributed by atoms with Crippen molar-refractivity contribution in [2.24, 2.45) is 0 Å². The molecule has 0 bridgehead atoms. The van der Waals surface area contributed by atoms with Gasteiger partial charge in [-0.2, -0.15) is 0 Å². The van der Waals surface area contributed by atoms with Gasteiger partial charge < -0.3 is 15.0 Å². The lowest BCUT2D eigenvalue weighted by atomic mass is 9.90. The zero-order valence-corrected chi connectivity index (χ0v) is 15.3. The van der Waals surface area contributed by atoms with Crippen molar-refractivity contribution in [3.63, 3.8) is 0 Å². The van der Waals surface area contributed by atoms with Crippen LogP contribution in [-0.2, 0) is 17.6 Å². The van der Waals surface area contributed by atoms with Crippen molar-refractivity contribution in [3.8, 4) is 5.75 Å². The molecule has 27 heavy (non-hydrogen) atoms. The van der Waals surface area contributed by atoms with E-state index >= 15 is 0 Å². The summed E-state index contributed by atoms with van der Waals surface area (Å²) in [6, 6.07) is 13.2. The van der Waals surface area contributed by atoms with E-state index < -0.39 is 0 Å². The molecular weight excluding hydrogens is 340 g/mol. The molecule has 5 nitrogen and oxygen atoms in total. The average Bonchev–Trinajstić information content (AvgIpc) is 2.68. The van der Waals surface area contributed by atoms with Crippen LogP contribution in [0.15, 0.2) is 47.3 Å². The van der Waals surface area contributed by atoms with E-state index in [-0.39, 0.29) is 18.1 Å². The molecule has 0 atom stereocenters. The Morgan fingerprint density at radius 1 is 1.07 bits per heavy atom. The molecule has 1 amide bonds. The monoisotopic (exact) mass is 362 g/mol. The number of ether oxygens (including phenoxy) is 1. The maximum absolute atomic E-state index is 12.3. The van der Waals surface area contributed by atoms with Crippen LogP contribution in [0.5, 0.6) is 5.75 Å². The number of anilines is 1. The lowest BCUT2D eigenvalue weighted by Crippen LogP contribution is -2.21. The van der Waals surface area contributed by atoms with Crippen LogP contribution in [0, 0.1) is 6.92 Å². The summed E-state index contributed by atoms with van der Waals surface area (Å²) in [6.07, 6.45) is 3.96. The van der Waals surface area contributed by atoms with Crippen molar-refractivity contribution in [2.45, 2.75) is 32.6 Å². The van der Waals surface area contributed by atoms with Crippen molar-refractivity contribution >= 4 is 22.5 Å².